The first-order chi connectivity index (χ1) is 19.1. The molecule has 0 amide bonds. The van der Waals surface area contributed by atoms with E-state index in [2.05, 4.69) is 72.6 Å². The van der Waals surface area contributed by atoms with E-state index >= 15 is 0 Å². The van der Waals surface area contributed by atoms with Gasteiger partial charge in [-0.3, -0.25) is 4.68 Å². The van der Waals surface area contributed by atoms with Crippen LogP contribution in [0.5, 0.6) is 0 Å². The molecule has 0 spiro atoms. The van der Waals surface area contributed by atoms with Crippen LogP contribution in [-0.4, -0.2) is 9.78 Å². The summed E-state index contributed by atoms with van der Waals surface area (Å²) < 4.78 is 1.93. The maximum Gasteiger partial charge on any atom is 3.00 e. The first-order valence-electron chi connectivity index (χ1n) is 13.4. The minimum absolute atomic E-state index is 0. The Labute approximate surface area is 268 Å². The Morgan fingerprint density at radius 1 is 0.634 bits per heavy atom. The molecule has 4 aromatic carbocycles. The van der Waals surface area contributed by atoms with Gasteiger partial charge in [-0.1, -0.05) is 53.6 Å². The monoisotopic (exact) mass is 619 g/mol. The maximum absolute atomic E-state index is 4.76. The molecule has 0 bridgehead atoms. The summed E-state index contributed by atoms with van der Waals surface area (Å²) in [5.41, 5.74) is 11.6. The zero-order chi connectivity index (χ0) is 29.5. The minimum atomic E-state index is 0. The molecule has 5 rings (SSSR count). The molecule has 211 valence electrons. The van der Waals surface area contributed by atoms with E-state index in [1.165, 1.54) is 27.9 Å². The summed E-state index contributed by atoms with van der Waals surface area (Å²) in [6.07, 6.45) is 0. The van der Waals surface area contributed by atoms with Crippen LogP contribution in [0.4, 0.5) is 5.69 Å². The van der Waals surface area contributed by atoms with Crippen molar-refractivity contribution in [2.75, 3.05) is 0 Å². The molecular formula is C37H43N3Zr-. The van der Waals surface area contributed by atoms with Gasteiger partial charge in [-0.15, -0.1) is 42.1 Å². The molecular weight excluding hydrogens is 578 g/mol. The van der Waals surface area contributed by atoms with Crippen LogP contribution in [0, 0.1) is 55.4 Å². The van der Waals surface area contributed by atoms with Crippen molar-refractivity contribution in [3.05, 3.63) is 180 Å². The fraction of sp³-hybridized carbons (Fsp3) is 0.189. The van der Waals surface area contributed by atoms with Crippen molar-refractivity contribution in [1.29, 1.82) is 0 Å². The van der Waals surface area contributed by atoms with Gasteiger partial charge >= 0.3 is 26.2 Å². The van der Waals surface area contributed by atoms with E-state index in [9.17, 15) is 0 Å². The summed E-state index contributed by atoms with van der Waals surface area (Å²) in [7, 11) is 1.98. The average Bonchev–Trinajstić information content (AvgIpc) is 3.17. The number of hydrogen-bond acceptors (Lipinski definition) is 1. The van der Waals surface area contributed by atoms with Crippen molar-refractivity contribution in [2.24, 2.45) is 7.05 Å². The average molecular weight is 621 g/mol. The predicted octanol–water partition coefficient (Wildman–Crippen LogP) is 9.77. The summed E-state index contributed by atoms with van der Waals surface area (Å²) in [5, 5.41) is 9.28. The molecule has 0 N–H and O–H groups in total. The second kappa shape index (κ2) is 18.7. The first kappa shape index (κ1) is 35.4. The van der Waals surface area contributed by atoms with Gasteiger partial charge in [0.1, 0.15) is 0 Å². The van der Waals surface area contributed by atoms with Crippen LogP contribution in [0.15, 0.2) is 103 Å². The van der Waals surface area contributed by atoms with Crippen molar-refractivity contribution in [3.63, 3.8) is 0 Å². The summed E-state index contributed by atoms with van der Waals surface area (Å²) in [4.78, 5) is 0. The fourth-order valence-corrected chi connectivity index (χ4v) is 3.94. The SMILES string of the molecule is Cc1cc(C)c([N-]Cc2nn(C)c(C)c2C)c(C)c1.[CH2-]c1ccccc1.[CH2-]c1ccccc1.[CH2-]c1ccccc1.[Zr+3]. The Morgan fingerprint density at radius 2 is 1.00 bits per heavy atom. The van der Waals surface area contributed by atoms with Gasteiger partial charge in [-0.25, -0.2) is 0 Å². The Bertz CT molecular complexity index is 1300. The maximum atomic E-state index is 4.76. The smallest absolute Gasteiger partial charge is 0.679 e. The standard InChI is InChI=1S/C16H22N3.3C7H7.Zr/c1-10-7-11(2)16(12(3)8-10)17-9-15-13(4)14(5)19(6)18-15;3*1-7-5-3-2-4-6-7;/h7-8H,9H2,1-6H3;3*2-6H,1H2;/q4*-1;+3. The second-order valence-electron chi connectivity index (χ2n) is 9.80. The molecule has 0 atom stereocenters. The summed E-state index contributed by atoms with van der Waals surface area (Å²) in [6.45, 7) is 22.4. The molecule has 4 heteroatoms. The molecule has 1 radical (unpaired) electrons. The van der Waals surface area contributed by atoms with Gasteiger partial charge in [0.2, 0.25) is 0 Å². The van der Waals surface area contributed by atoms with Gasteiger partial charge in [0, 0.05) is 18.4 Å². The molecule has 5 aromatic rings. The molecule has 0 aliphatic rings. The van der Waals surface area contributed by atoms with Crippen LogP contribution in [-0.2, 0) is 39.8 Å². The Balaban J connectivity index is 0.000000313. The van der Waals surface area contributed by atoms with E-state index < -0.39 is 0 Å². The topological polar surface area (TPSA) is 31.9 Å². The van der Waals surface area contributed by atoms with Gasteiger partial charge < -0.3 is 5.32 Å². The van der Waals surface area contributed by atoms with Gasteiger partial charge in [0.15, 0.2) is 0 Å². The number of nitrogens with zero attached hydrogens (tertiary/aromatic N) is 3. The third-order valence-electron chi connectivity index (χ3n) is 6.28. The van der Waals surface area contributed by atoms with Gasteiger partial charge in [0.25, 0.3) is 0 Å². The molecule has 0 fully saturated rings. The Hall–Kier alpha value is -3.62. The van der Waals surface area contributed by atoms with Crippen molar-refractivity contribution < 1.29 is 26.2 Å². The first-order valence-corrected chi connectivity index (χ1v) is 13.4. The molecule has 41 heavy (non-hydrogen) atoms. The van der Waals surface area contributed by atoms with Crippen LogP contribution < -0.4 is 0 Å². The van der Waals surface area contributed by atoms with Crippen molar-refractivity contribution in [3.8, 4) is 0 Å². The van der Waals surface area contributed by atoms with Gasteiger partial charge in [0.05, 0.1) is 0 Å². The number of aromatic nitrogens is 2. The molecule has 0 aliphatic heterocycles. The third-order valence-corrected chi connectivity index (χ3v) is 6.28. The number of aryl methyl sites for hydroxylation is 4. The molecule has 0 saturated carbocycles. The second-order valence-corrected chi connectivity index (χ2v) is 9.80. The van der Waals surface area contributed by atoms with E-state index in [-0.39, 0.29) is 26.2 Å². The Morgan fingerprint density at radius 3 is 1.27 bits per heavy atom. The zero-order valence-corrected chi connectivity index (χ0v) is 27.9. The van der Waals surface area contributed by atoms with Crippen molar-refractivity contribution >= 4 is 5.69 Å². The summed E-state index contributed by atoms with van der Waals surface area (Å²) >= 11 is 0. The number of rotatable bonds is 3. The van der Waals surface area contributed by atoms with Gasteiger partial charge in [-0.05, 0) is 40.2 Å². The van der Waals surface area contributed by atoms with Crippen LogP contribution in [0.25, 0.3) is 5.32 Å². The van der Waals surface area contributed by atoms with E-state index in [0.717, 1.165) is 28.1 Å². The van der Waals surface area contributed by atoms with Crippen molar-refractivity contribution in [2.45, 2.75) is 41.2 Å². The molecule has 1 heterocycles. The molecule has 1 aromatic heterocycles. The predicted molar refractivity (Wildman–Crippen MR) is 173 cm³/mol. The molecule has 0 saturated heterocycles. The van der Waals surface area contributed by atoms with Crippen LogP contribution in [0.3, 0.4) is 0 Å². The van der Waals surface area contributed by atoms with Crippen LogP contribution in [0.2, 0.25) is 0 Å². The molecule has 0 unspecified atom stereocenters. The molecule has 3 nitrogen and oxygen atoms in total. The normalized spacial score (nSPS) is 9.41. The number of hydrogen-bond donors (Lipinski definition) is 0. The minimum Gasteiger partial charge on any atom is -0.679 e. The number of benzene rings is 4. The van der Waals surface area contributed by atoms with E-state index in [1.807, 2.05) is 103 Å². The van der Waals surface area contributed by atoms with E-state index in [4.69, 9.17) is 5.32 Å². The van der Waals surface area contributed by atoms with Crippen LogP contribution in [0.1, 0.15) is 50.3 Å². The summed E-state index contributed by atoms with van der Waals surface area (Å²) in [5.74, 6) is 0. The summed E-state index contributed by atoms with van der Waals surface area (Å²) in [6, 6.07) is 34.0. The Kier molecular flexibility index (Phi) is 16.1. The van der Waals surface area contributed by atoms with Gasteiger partial charge in [-0.2, -0.15) is 79.0 Å². The fourth-order valence-electron chi connectivity index (χ4n) is 3.94. The van der Waals surface area contributed by atoms with E-state index in [1.54, 1.807) is 0 Å². The van der Waals surface area contributed by atoms with E-state index in [0.29, 0.717) is 6.54 Å². The van der Waals surface area contributed by atoms with Crippen LogP contribution >= 0.6 is 0 Å². The zero-order valence-electron chi connectivity index (χ0n) is 25.5. The largest absolute Gasteiger partial charge is 3.00 e. The third kappa shape index (κ3) is 13.1. The quantitative estimate of drug-likeness (QED) is 0.185. The molecule has 0 aliphatic carbocycles. The van der Waals surface area contributed by atoms with Crippen molar-refractivity contribution in [1.82, 2.24) is 9.78 Å².